The van der Waals surface area contributed by atoms with Gasteiger partial charge in [-0.05, 0) is 48.5 Å². The number of hydrogen-bond acceptors (Lipinski definition) is 6. The summed E-state index contributed by atoms with van der Waals surface area (Å²) in [6, 6.07) is 14.7. The van der Waals surface area contributed by atoms with Gasteiger partial charge in [0.05, 0.1) is 17.7 Å². The molecule has 0 bridgehead atoms. The zero-order valence-corrected chi connectivity index (χ0v) is 15.5. The van der Waals surface area contributed by atoms with Crippen LogP contribution in [-0.2, 0) is 9.84 Å². The van der Waals surface area contributed by atoms with E-state index in [-0.39, 0.29) is 4.90 Å². The lowest BCUT2D eigenvalue weighted by molar-refractivity contribution is 0.102. The molecule has 0 unspecified atom stereocenters. The van der Waals surface area contributed by atoms with E-state index < -0.39 is 15.7 Å². The summed E-state index contributed by atoms with van der Waals surface area (Å²) in [5.74, 6) is 0.682. The van der Waals surface area contributed by atoms with E-state index in [4.69, 9.17) is 4.74 Å². The first-order valence-electron chi connectivity index (χ1n) is 7.95. The molecule has 1 aromatic heterocycles. The van der Waals surface area contributed by atoms with Crippen molar-refractivity contribution in [3.8, 4) is 17.0 Å². The van der Waals surface area contributed by atoms with Gasteiger partial charge in [0.25, 0.3) is 5.91 Å². The Kier molecular flexibility index (Phi) is 5.18. The third kappa shape index (κ3) is 4.48. The maximum Gasteiger partial charge on any atom is 0.256 e. The van der Waals surface area contributed by atoms with E-state index in [1.165, 1.54) is 30.6 Å². The van der Waals surface area contributed by atoms with E-state index in [1.54, 1.807) is 13.2 Å². The highest BCUT2D eigenvalue weighted by atomic mass is 32.2. The molecule has 0 aliphatic rings. The quantitative estimate of drug-likeness (QED) is 0.727. The molecule has 3 aromatic rings. The van der Waals surface area contributed by atoms with Gasteiger partial charge in [-0.15, -0.1) is 0 Å². The summed E-state index contributed by atoms with van der Waals surface area (Å²) in [7, 11) is -1.71. The highest BCUT2D eigenvalue weighted by molar-refractivity contribution is 7.90. The third-order valence-electron chi connectivity index (χ3n) is 3.84. The molecule has 0 spiro atoms. The molecule has 8 heteroatoms. The van der Waals surface area contributed by atoms with Gasteiger partial charge in [-0.25, -0.2) is 18.4 Å². The van der Waals surface area contributed by atoms with Crippen LogP contribution in [0.4, 0.5) is 5.82 Å². The average Bonchev–Trinajstić information content (AvgIpc) is 2.67. The number of nitrogens with zero attached hydrogens (tertiary/aromatic N) is 2. The lowest BCUT2D eigenvalue weighted by Crippen LogP contribution is -2.13. The molecule has 0 saturated carbocycles. The minimum absolute atomic E-state index is 0.155. The number of carbonyl (C=O) groups is 1. The Bertz CT molecular complexity index is 1060. The molecule has 27 heavy (non-hydrogen) atoms. The minimum atomic E-state index is -3.31. The third-order valence-corrected chi connectivity index (χ3v) is 4.97. The van der Waals surface area contributed by atoms with Gasteiger partial charge < -0.3 is 10.1 Å². The maximum absolute atomic E-state index is 12.4. The van der Waals surface area contributed by atoms with Gasteiger partial charge in [0.1, 0.15) is 17.9 Å². The number of nitrogens with one attached hydrogen (secondary N) is 1. The zero-order chi connectivity index (χ0) is 19.4. The number of benzene rings is 2. The number of rotatable bonds is 5. The summed E-state index contributed by atoms with van der Waals surface area (Å²) in [6.07, 6.45) is 2.48. The summed E-state index contributed by atoms with van der Waals surface area (Å²) >= 11 is 0. The average molecular weight is 383 g/mol. The fourth-order valence-corrected chi connectivity index (χ4v) is 3.02. The molecule has 138 valence electrons. The Hall–Kier alpha value is -3.26. The van der Waals surface area contributed by atoms with Crippen LogP contribution < -0.4 is 10.1 Å². The first-order valence-corrected chi connectivity index (χ1v) is 9.84. The summed E-state index contributed by atoms with van der Waals surface area (Å²) < 4.78 is 28.1. The summed E-state index contributed by atoms with van der Waals surface area (Å²) in [5.41, 5.74) is 1.83. The molecule has 1 amide bonds. The molecule has 2 aromatic carbocycles. The van der Waals surface area contributed by atoms with Crippen molar-refractivity contribution in [3.05, 3.63) is 66.5 Å². The van der Waals surface area contributed by atoms with Gasteiger partial charge in [-0.2, -0.15) is 0 Å². The van der Waals surface area contributed by atoms with Crippen molar-refractivity contribution >= 4 is 21.6 Å². The van der Waals surface area contributed by atoms with Crippen LogP contribution in [0.25, 0.3) is 11.3 Å². The highest BCUT2D eigenvalue weighted by Crippen LogP contribution is 2.22. The first kappa shape index (κ1) is 18.5. The van der Waals surface area contributed by atoms with Gasteiger partial charge in [0.15, 0.2) is 9.84 Å². The fourth-order valence-electron chi connectivity index (χ4n) is 2.39. The normalized spacial score (nSPS) is 11.0. The molecule has 1 N–H and O–H groups in total. The van der Waals surface area contributed by atoms with E-state index in [0.29, 0.717) is 17.1 Å². The number of carbonyl (C=O) groups excluding carboxylic acids is 1. The molecule has 1 heterocycles. The lowest BCUT2D eigenvalue weighted by Gasteiger charge is -2.07. The SMILES string of the molecule is COc1ccc(-c2cc(NC(=O)c3ccc(S(C)(=O)=O)cc3)ncn2)cc1. The summed E-state index contributed by atoms with van der Waals surface area (Å²) in [4.78, 5) is 20.8. The van der Waals surface area contributed by atoms with E-state index in [9.17, 15) is 13.2 Å². The second-order valence-electron chi connectivity index (χ2n) is 5.77. The number of ether oxygens (including phenoxy) is 1. The molecule has 3 rings (SSSR count). The van der Waals surface area contributed by atoms with Gasteiger partial charge in [-0.3, -0.25) is 4.79 Å². The number of aromatic nitrogens is 2. The molecule has 0 radical (unpaired) electrons. The Labute approximate surface area is 157 Å². The van der Waals surface area contributed by atoms with Crippen LogP contribution in [0.15, 0.2) is 65.8 Å². The topological polar surface area (TPSA) is 98.2 Å². The first-order chi connectivity index (χ1) is 12.9. The van der Waals surface area contributed by atoms with Crippen molar-refractivity contribution in [1.29, 1.82) is 0 Å². The standard InChI is InChI=1S/C19H17N3O4S/c1-26-15-7-3-13(4-8-15)17-11-18(21-12-20-17)22-19(23)14-5-9-16(10-6-14)27(2,24)25/h3-12H,1-2H3,(H,20,21,22,23). The largest absolute Gasteiger partial charge is 0.497 e. The predicted molar refractivity (Wildman–Crippen MR) is 102 cm³/mol. The van der Waals surface area contributed by atoms with Gasteiger partial charge in [0.2, 0.25) is 0 Å². The van der Waals surface area contributed by atoms with E-state index in [2.05, 4.69) is 15.3 Å². The van der Waals surface area contributed by atoms with Crippen LogP contribution in [0.3, 0.4) is 0 Å². The molecule has 0 aliphatic carbocycles. The zero-order valence-electron chi connectivity index (χ0n) is 14.7. The van der Waals surface area contributed by atoms with Crippen molar-refractivity contribution in [2.24, 2.45) is 0 Å². The van der Waals surface area contributed by atoms with Crippen LogP contribution in [0.2, 0.25) is 0 Å². The predicted octanol–water partition coefficient (Wildman–Crippen LogP) is 2.81. The molecule has 0 saturated heterocycles. The van der Waals surface area contributed by atoms with Gasteiger partial charge >= 0.3 is 0 Å². The van der Waals surface area contributed by atoms with Gasteiger partial charge in [0, 0.05) is 23.4 Å². The van der Waals surface area contributed by atoms with Crippen molar-refractivity contribution in [3.63, 3.8) is 0 Å². The molecular formula is C19H17N3O4S. The monoisotopic (exact) mass is 383 g/mol. The maximum atomic E-state index is 12.4. The van der Waals surface area contributed by atoms with E-state index in [0.717, 1.165) is 17.6 Å². The molecular weight excluding hydrogens is 366 g/mol. The van der Waals surface area contributed by atoms with Crippen LogP contribution in [0.1, 0.15) is 10.4 Å². The van der Waals surface area contributed by atoms with E-state index >= 15 is 0 Å². The minimum Gasteiger partial charge on any atom is -0.497 e. The second-order valence-corrected chi connectivity index (χ2v) is 7.78. The molecule has 0 aliphatic heterocycles. The summed E-state index contributed by atoms with van der Waals surface area (Å²) in [6.45, 7) is 0. The smallest absolute Gasteiger partial charge is 0.256 e. The van der Waals surface area contributed by atoms with Crippen LogP contribution in [0.5, 0.6) is 5.75 Å². The van der Waals surface area contributed by atoms with Crippen LogP contribution >= 0.6 is 0 Å². The Balaban J connectivity index is 1.78. The Morgan fingerprint density at radius 3 is 2.26 bits per heavy atom. The van der Waals surface area contributed by atoms with Crippen molar-refractivity contribution < 1.29 is 17.9 Å². The fraction of sp³-hybridized carbons (Fsp3) is 0.105. The molecule has 7 nitrogen and oxygen atoms in total. The highest BCUT2D eigenvalue weighted by Gasteiger charge is 2.11. The number of methoxy groups -OCH3 is 1. The number of sulfone groups is 1. The van der Waals surface area contributed by atoms with E-state index in [1.807, 2.05) is 24.3 Å². The van der Waals surface area contributed by atoms with Gasteiger partial charge in [-0.1, -0.05) is 0 Å². The summed E-state index contributed by atoms with van der Waals surface area (Å²) in [5, 5.41) is 2.68. The Morgan fingerprint density at radius 1 is 1.00 bits per heavy atom. The number of hydrogen-bond donors (Lipinski definition) is 1. The molecule has 0 atom stereocenters. The molecule has 0 fully saturated rings. The van der Waals surface area contributed by atoms with Crippen molar-refractivity contribution in [2.75, 3.05) is 18.7 Å². The van der Waals surface area contributed by atoms with Crippen LogP contribution in [0, 0.1) is 0 Å². The van der Waals surface area contributed by atoms with Crippen molar-refractivity contribution in [2.45, 2.75) is 4.90 Å². The number of amides is 1. The lowest BCUT2D eigenvalue weighted by atomic mass is 10.1. The Morgan fingerprint density at radius 2 is 1.67 bits per heavy atom. The van der Waals surface area contributed by atoms with Crippen LogP contribution in [-0.4, -0.2) is 37.7 Å². The van der Waals surface area contributed by atoms with Crippen molar-refractivity contribution in [1.82, 2.24) is 9.97 Å². The number of anilines is 1. The second kappa shape index (κ2) is 7.55.